The Labute approximate surface area is 112 Å². The van der Waals surface area contributed by atoms with Crippen molar-refractivity contribution < 1.29 is 8.42 Å². The molecule has 0 radical (unpaired) electrons. The van der Waals surface area contributed by atoms with Crippen molar-refractivity contribution in [2.75, 3.05) is 6.54 Å². The molecule has 3 N–H and O–H groups in total. The van der Waals surface area contributed by atoms with Crippen LogP contribution >= 0.6 is 11.6 Å². The van der Waals surface area contributed by atoms with E-state index in [1.807, 2.05) is 6.92 Å². The maximum atomic E-state index is 12.3. The summed E-state index contributed by atoms with van der Waals surface area (Å²) in [6.45, 7) is 2.08. The van der Waals surface area contributed by atoms with Crippen molar-refractivity contribution in [3.8, 4) is 0 Å². The number of nitrogens with two attached hydrogens (primary N) is 1. The summed E-state index contributed by atoms with van der Waals surface area (Å²) in [5.74, 6) is 0.296. The van der Waals surface area contributed by atoms with Gasteiger partial charge in [0.15, 0.2) is 5.03 Å². The van der Waals surface area contributed by atoms with Crippen LogP contribution < -0.4 is 10.5 Å². The smallest absolute Gasteiger partial charge is 0.259 e. The lowest BCUT2D eigenvalue weighted by Gasteiger charge is -2.29. The van der Waals surface area contributed by atoms with Gasteiger partial charge in [0.1, 0.15) is 0 Å². The average molecular weight is 293 g/mol. The quantitative estimate of drug-likeness (QED) is 0.826. The van der Waals surface area contributed by atoms with Gasteiger partial charge in [0.05, 0.1) is 11.2 Å². The number of rotatable bonds is 5. The molecule has 1 atom stereocenters. The molecule has 1 heterocycles. The fourth-order valence-electron chi connectivity index (χ4n) is 2.07. The summed E-state index contributed by atoms with van der Waals surface area (Å²) in [7, 11) is -2.18. The van der Waals surface area contributed by atoms with Gasteiger partial charge in [0.25, 0.3) is 10.0 Å². The van der Waals surface area contributed by atoms with Crippen LogP contribution in [0.4, 0.5) is 0 Å². The molecule has 1 saturated carbocycles. The third kappa shape index (κ3) is 2.40. The van der Waals surface area contributed by atoms with Gasteiger partial charge in [-0.1, -0.05) is 11.6 Å². The molecule has 1 aliphatic rings. The fourth-order valence-corrected chi connectivity index (χ4v) is 4.20. The first-order valence-corrected chi connectivity index (χ1v) is 7.58. The number of nitrogens with one attached hydrogen (secondary N) is 1. The highest BCUT2D eigenvalue weighted by molar-refractivity contribution is 7.89. The molecule has 8 heteroatoms. The number of halogens is 1. The summed E-state index contributed by atoms with van der Waals surface area (Å²) in [5.41, 5.74) is 5.08. The van der Waals surface area contributed by atoms with Gasteiger partial charge in [-0.05, 0) is 25.7 Å². The molecule has 1 unspecified atom stereocenters. The highest BCUT2D eigenvalue weighted by Gasteiger charge is 2.44. The Bertz CT molecular complexity index is 533. The minimum Gasteiger partial charge on any atom is -0.329 e. The zero-order valence-corrected chi connectivity index (χ0v) is 11.9. The lowest BCUT2D eigenvalue weighted by atomic mass is 9.98. The Morgan fingerprint density at radius 2 is 2.28 bits per heavy atom. The summed E-state index contributed by atoms with van der Waals surface area (Å²) in [5, 5.41) is 3.92. The van der Waals surface area contributed by atoms with E-state index in [-0.39, 0.29) is 16.6 Å². The Balaban J connectivity index is 2.32. The third-order valence-electron chi connectivity index (χ3n) is 3.37. The summed E-state index contributed by atoms with van der Waals surface area (Å²) in [4.78, 5) is 0. The van der Waals surface area contributed by atoms with E-state index in [2.05, 4.69) is 9.82 Å². The molecule has 0 aliphatic heterocycles. The molecule has 102 valence electrons. The summed E-state index contributed by atoms with van der Waals surface area (Å²) in [6, 6.07) is 0. The first-order valence-electron chi connectivity index (χ1n) is 5.72. The summed E-state index contributed by atoms with van der Waals surface area (Å²) >= 11 is 5.86. The van der Waals surface area contributed by atoms with Crippen molar-refractivity contribution in [3.63, 3.8) is 0 Å². The number of hydrogen-bond acceptors (Lipinski definition) is 4. The minimum absolute atomic E-state index is 0.0236. The standard InChI is InChI=1S/C10H17ClN4O2S/c1-10(6-12,7-3-4-7)14-18(16,17)9-8(11)5-13-15(9)2/h5,7,14H,3-4,6,12H2,1-2H3. The highest BCUT2D eigenvalue weighted by Crippen LogP contribution is 2.40. The van der Waals surface area contributed by atoms with Crippen LogP contribution in [0.3, 0.4) is 0 Å². The number of aromatic nitrogens is 2. The molecule has 1 aromatic rings. The molecule has 1 aromatic heterocycles. The molecule has 0 bridgehead atoms. The first kappa shape index (κ1) is 13.8. The van der Waals surface area contributed by atoms with E-state index >= 15 is 0 Å². The largest absolute Gasteiger partial charge is 0.329 e. The van der Waals surface area contributed by atoms with Crippen LogP contribution in [0, 0.1) is 5.92 Å². The van der Waals surface area contributed by atoms with Crippen molar-refractivity contribution >= 4 is 21.6 Å². The SMILES string of the molecule is Cn1ncc(Cl)c1S(=O)(=O)NC(C)(CN)C1CC1. The molecule has 0 aromatic carbocycles. The van der Waals surface area contributed by atoms with Gasteiger partial charge in [-0.3, -0.25) is 4.68 Å². The maximum Gasteiger partial charge on any atom is 0.259 e. The lowest BCUT2D eigenvalue weighted by Crippen LogP contribution is -2.53. The lowest BCUT2D eigenvalue weighted by molar-refractivity contribution is 0.372. The van der Waals surface area contributed by atoms with E-state index in [1.54, 1.807) is 0 Å². The van der Waals surface area contributed by atoms with Crippen molar-refractivity contribution in [2.45, 2.75) is 30.3 Å². The van der Waals surface area contributed by atoms with Crippen LogP contribution in [0.15, 0.2) is 11.2 Å². The van der Waals surface area contributed by atoms with Crippen molar-refractivity contribution in [3.05, 3.63) is 11.2 Å². The normalized spacial score (nSPS) is 19.8. The third-order valence-corrected chi connectivity index (χ3v) is 5.48. The zero-order chi connectivity index (χ0) is 13.6. The Hall–Kier alpha value is -0.630. The van der Waals surface area contributed by atoms with Crippen molar-refractivity contribution in [2.24, 2.45) is 18.7 Å². The van der Waals surface area contributed by atoms with Gasteiger partial charge in [0.2, 0.25) is 0 Å². The second-order valence-corrected chi connectivity index (χ2v) is 6.93. The predicted octanol–water partition coefficient (Wildman–Crippen LogP) is 0.479. The second-order valence-electron chi connectivity index (χ2n) is 4.92. The van der Waals surface area contributed by atoms with Gasteiger partial charge in [-0.25, -0.2) is 13.1 Å². The van der Waals surface area contributed by atoms with E-state index in [1.165, 1.54) is 17.9 Å². The number of sulfonamides is 1. The van der Waals surface area contributed by atoms with Crippen LogP contribution in [0.2, 0.25) is 5.02 Å². The molecule has 0 spiro atoms. The molecular weight excluding hydrogens is 276 g/mol. The number of nitrogens with zero attached hydrogens (tertiary/aromatic N) is 2. The van der Waals surface area contributed by atoms with Crippen LogP contribution in [0.5, 0.6) is 0 Å². The Morgan fingerprint density at radius 3 is 2.67 bits per heavy atom. The molecule has 0 saturated heterocycles. The molecule has 6 nitrogen and oxygen atoms in total. The topological polar surface area (TPSA) is 90.0 Å². The number of hydrogen-bond donors (Lipinski definition) is 2. The van der Waals surface area contributed by atoms with Crippen molar-refractivity contribution in [1.82, 2.24) is 14.5 Å². The van der Waals surface area contributed by atoms with E-state index < -0.39 is 15.6 Å². The maximum absolute atomic E-state index is 12.3. The van der Waals surface area contributed by atoms with Crippen LogP contribution in [-0.4, -0.2) is 30.3 Å². The van der Waals surface area contributed by atoms with Crippen LogP contribution in [-0.2, 0) is 17.1 Å². The minimum atomic E-state index is -3.71. The van der Waals surface area contributed by atoms with Crippen LogP contribution in [0.1, 0.15) is 19.8 Å². The molecular formula is C10H17ClN4O2S. The highest BCUT2D eigenvalue weighted by atomic mass is 35.5. The zero-order valence-electron chi connectivity index (χ0n) is 10.4. The van der Waals surface area contributed by atoms with Gasteiger partial charge in [-0.2, -0.15) is 5.10 Å². The summed E-state index contributed by atoms with van der Waals surface area (Å²) in [6.07, 6.45) is 3.30. The fraction of sp³-hybridized carbons (Fsp3) is 0.700. The first-order chi connectivity index (χ1) is 8.30. The second kappa shape index (κ2) is 4.48. The molecule has 1 aliphatic carbocycles. The number of aryl methyl sites for hydroxylation is 1. The van der Waals surface area contributed by atoms with Gasteiger partial charge < -0.3 is 5.73 Å². The van der Waals surface area contributed by atoms with Gasteiger partial charge in [-0.15, -0.1) is 0 Å². The predicted molar refractivity (Wildman–Crippen MR) is 68.7 cm³/mol. The molecule has 0 amide bonds. The van der Waals surface area contributed by atoms with Gasteiger partial charge >= 0.3 is 0 Å². The van der Waals surface area contributed by atoms with E-state index in [0.29, 0.717) is 5.92 Å². The molecule has 2 rings (SSSR count). The Morgan fingerprint density at radius 1 is 1.67 bits per heavy atom. The monoisotopic (exact) mass is 292 g/mol. The molecule has 1 fully saturated rings. The molecule has 18 heavy (non-hydrogen) atoms. The van der Waals surface area contributed by atoms with Crippen molar-refractivity contribution in [1.29, 1.82) is 0 Å². The van der Waals surface area contributed by atoms with Crippen LogP contribution in [0.25, 0.3) is 0 Å². The summed E-state index contributed by atoms with van der Waals surface area (Å²) < 4.78 is 28.6. The van der Waals surface area contributed by atoms with E-state index in [0.717, 1.165) is 12.8 Å². The average Bonchev–Trinajstić information content (AvgIpc) is 3.05. The van der Waals surface area contributed by atoms with Gasteiger partial charge in [0, 0.05) is 19.1 Å². The van der Waals surface area contributed by atoms with E-state index in [9.17, 15) is 8.42 Å². The Kier molecular flexibility index (Phi) is 3.44. The van der Waals surface area contributed by atoms with E-state index in [4.69, 9.17) is 17.3 Å².